The number of carbonyl (C=O) groups is 3. The Morgan fingerprint density at radius 2 is 1.72 bits per heavy atom. The first kappa shape index (κ1) is 20.0. The van der Waals surface area contributed by atoms with Gasteiger partial charge in [0.05, 0.1) is 19.6 Å². The molecule has 1 atom stereocenters. The van der Waals surface area contributed by atoms with E-state index in [1.165, 1.54) is 6.92 Å². The third kappa shape index (κ3) is 6.14. The molecule has 0 aliphatic carbocycles. The van der Waals surface area contributed by atoms with Gasteiger partial charge in [-0.3, -0.25) is 10.1 Å². The predicted octanol–water partition coefficient (Wildman–Crippen LogP) is 1.69. The molecule has 0 heterocycles. The van der Waals surface area contributed by atoms with Gasteiger partial charge < -0.3 is 14.2 Å². The Hall–Kier alpha value is -3.08. The van der Waals surface area contributed by atoms with Crippen LogP contribution in [0.15, 0.2) is 30.3 Å². The van der Waals surface area contributed by atoms with E-state index >= 15 is 0 Å². The normalized spacial score (nSPS) is 12.2. The topological polar surface area (TPSA) is 115 Å². The van der Waals surface area contributed by atoms with Crippen LogP contribution in [0, 0.1) is 11.3 Å². The average molecular weight is 348 g/mol. The molecule has 0 aliphatic rings. The van der Waals surface area contributed by atoms with Gasteiger partial charge in [0, 0.05) is 0 Å². The van der Waals surface area contributed by atoms with Crippen LogP contribution in [-0.4, -0.2) is 36.8 Å². The lowest BCUT2D eigenvalue weighted by Crippen LogP contribution is -2.55. The van der Waals surface area contributed by atoms with Crippen LogP contribution in [-0.2, 0) is 30.4 Å². The summed E-state index contributed by atoms with van der Waals surface area (Å²) < 4.78 is 14.5. The molecular weight excluding hydrogens is 328 g/mol. The molecule has 0 radical (unpaired) electrons. The number of ether oxygens (including phenoxy) is 3. The first-order valence-electron chi connectivity index (χ1n) is 7.70. The highest BCUT2D eigenvalue weighted by atomic mass is 16.6. The number of hydrogen-bond donors (Lipinski definition) is 1. The third-order valence-corrected chi connectivity index (χ3v) is 3.06. The molecule has 1 N–H and O–H groups in total. The van der Waals surface area contributed by atoms with Gasteiger partial charge in [-0.1, -0.05) is 30.3 Å². The molecule has 25 heavy (non-hydrogen) atoms. The van der Waals surface area contributed by atoms with Crippen molar-refractivity contribution in [3.8, 4) is 6.07 Å². The van der Waals surface area contributed by atoms with E-state index in [1.54, 1.807) is 37.3 Å². The van der Waals surface area contributed by atoms with Crippen molar-refractivity contribution in [3.63, 3.8) is 0 Å². The largest absolute Gasteiger partial charge is 0.466 e. The van der Waals surface area contributed by atoms with Crippen LogP contribution >= 0.6 is 0 Å². The van der Waals surface area contributed by atoms with Gasteiger partial charge in [-0.15, -0.1) is 0 Å². The molecule has 1 unspecified atom stereocenters. The standard InChI is InChI=1S/C17H20N2O6/c1-3-23-14(20)10-17(12-18,15(21)24-4-2)19-16(22)25-11-13-8-6-5-7-9-13/h5-9H,3-4,10-11H2,1-2H3,(H,19,22). The van der Waals surface area contributed by atoms with Crippen molar-refractivity contribution in [2.75, 3.05) is 13.2 Å². The molecule has 0 bridgehead atoms. The van der Waals surface area contributed by atoms with Gasteiger partial charge in [0.25, 0.3) is 0 Å². The highest BCUT2D eigenvalue weighted by Gasteiger charge is 2.45. The number of hydrogen-bond acceptors (Lipinski definition) is 7. The zero-order valence-corrected chi connectivity index (χ0v) is 14.1. The lowest BCUT2D eigenvalue weighted by Gasteiger charge is -2.24. The van der Waals surface area contributed by atoms with Crippen LogP contribution in [0.1, 0.15) is 25.8 Å². The summed E-state index contributed by atoms with van der Waals surface area (Å²) in [4.78, 5) is 35.8. The zero-order valence-electron chi connectivity index (χ0n) is 14.1. The van der Waals surface area contributed by atoms with E-state index in [0.717, 1.165) is 5.56 Å². The highest BCUT2D eigenvalue weighted by molar-refractivity contribution is 5.93. The van der Waals surface area contributed by atoms with E-state index in [0.29, 0.717) is 0 Å². The number of alkyl carbamates (subject to hydrolysis) is 1. The fourth-order valence-electron chi connectivity index (χ4n) is 1.90. The van der Waals surface area contributed by atoms with E-state index < -0.39 is 30.0 Å². The SMILES string of the molecule is CCOC(=O)CC(C#N)(NC(=O)OCc1ccccc1)C(=O)OCC. The van der Waals surface area contributed by atoms with E-state index in [4.69, 9.17) is 14.2 Å². The van der Waals surface area contributed by atoms with Crippen LogP contribution < -0.4 is 5.32 Å². The van der Waals surface area contributed by atoms with Crippen molar-refractivity contribution >= 4 is 18.0 Å². The third-order valence-electron chi connectivity index (χ3n) is 3.06. The molecule has 8 heteroatoms. The Morgan fingerprint density at radius 3 is 2.28 bits per heavy atom. The van der Waals surface area contributed by atoms with Crippen LogP contribution in [0.3, 0.4) is 0 Å². The molecule has 0 saturated heterocycles. The molecule has 8 nitrogen and oxygen atoms in total. The van der Waals surface area contributed by atoms with Gasteiger partial charge >= 0.3 is 18.0 Å². The maximum absolute atomic E-state index is 12.1. The van der Waals surface area contributed by atoms with Gasteiger partial charge in [-0.05, 0) is 19.4 Å². The summed E-state index contributed by atoms with van der Waals surface area (Å²) in [5.74, 6) is -1.87. The molecule has 1 aromatic rings. The van der Waals surface area contributed by atoms with Gasteiger partial charge in [-0.25, -0.2) is 9.59 Å². The molecule has 1 rings (SSSR count). The molecule has 134 valence electrons. The predicted molar refractivity (Wildman–Crippen MR) is 86.0 cm³/mol. The van der Waals surface area contributed by atoms with Crippen LogP contribution in [0.5, 0.6) is 0 Å². The number of benzene rings is 1. The Labute approximate surface area is 145 Å². The quantitative estimate of drug-likeness (QED) is 0.561. The van der Waals surface area contributed by atoms with Gasteiger partial charge in [0.15, 0.2) is 0 Å². The van der Waals surface area contributed by atoms with Crippen molar-refractivity contribution in [1.29, 1.82) is 5.26 Å². The average Bonchev–Trinajstić information content (AvgIpc) is 2.60. The van der Waals surface area contributed by atoms with E-state index in [9.17, 15) is 19.6 Å². The van der Waals surface area contributed by atoms with Crippen LogP contribution in [0.2, 0.25) is 0 Å². The summed E-state index contributed by atoms with van der Waals surface area (Å²) in [6.07, 6.45) is -1.71. The van der Waals surface area contributed by atoms with Crippen molar-refractivity contribution in [2.45, 2.75) is 32.4 Å². The number of carbonyl (C=O) groups excluding carboxylic acids is 3. The van der Waals surface area contributed by atoms with Crippen molar-refractivity contribution in [1.82, 2.24) is 5.32 Å². The Bertz CT molecular complexity index is 640. The van der Waals surface area contributed by atoms with E-state index in [1.807, 2.05) is 6.07 Å². The van der Waals surface area contributed by atoms with Gasteiger partial charge in [0.1, 0.15) is 12.7 Å². The summed E-state index contributed by atoms with van der Waals surface area (Å²) in [5, 5.41) is 11.5. The van der Waals surface area contributed by atoms with E-state index in [-0.39, 0.29) is 19.8 Å². The van der Waals surface area contributed by atoms with Gasteiger partial charge in [0.2, 0.25) is 5.54 Å². The zero-order chi connectivity index (χ0) is 18.7. The molecule has 0 fully saturated rings. The summed E-state index contributed by atoms with van der Waals surface area (Å²) in [7, 11) is 0. The summed E-state index contributed by atoms with van der Waals surface area (Å²) in [5.41, 5.74) is -1.49. The maximum Gasteiger partial charge on any atom is 0.409 e. The lowest BCUT2D eigenvalue weighted by molar-refractivity contribution is -0.155. The molecular formula is C17H20N2O6. The minimum atomic E-state index is -2.21. The second-order valence-corrected chi connectivity index (χ2v) is 4.91. The van der Waals surface area contributed by atoms with Crippen LogP contribution in [0.4, 0.5) is 4.79 Å². The van der Waals surface area contributed by atoms with Gasteiger partial charge in [-0.2, -0.15) is 5.26 Å². The molecule has 0 aliphatic heterocycles. The monoisotopic (exact) mass is 348 g/mol. The Morgan fingerprint density at radius 1 is 1.08 bits per heavy atom. The minimum Gasteiger partial charge on any atom is -0.466 e. The molecule has 1 amide bonds. The number of nitrogens with one attached hydrogen (secondary N) is 1. The fraction of sp³-hybridized carbons (Fsp3) is 0.412. The fourth-order valence-corrected chi connectivity index (χ4v) is 1.90. The number of amides is 1. The first-order valence-corrected chi connectivity index (χ1v) is 7.70. The molecule has 0 aromatic heterocycles. The summed E-state index contributed by atoms with van der Waals surface area (Å²) in [6, 6.07) is 10.5. The summed E-state index contributed by atoms with van der Waals surface area (Å²) in [6.45, 7) is 3.11. The van der Waals surface area contributed by atoms with Crippen molar-refractivity contribution in [3.05, 3.63) is 35.9 Å². The highest BCUT2D eigenvalue weighted by Crippen LogP contribution is 2.15. The Kier molecular flexibility index (Phi) is 7.93. The van der Waals surface area contributed by atoms with Crippen molar-refractivity contribution in [2.24, 2.45) is 0 Å². The van der Waals surface area contributed by atoms with Crippen molar-refractivity contribution < 1.29 is 28.6 Å². The maximum atomic E-state index is 12.1. The Balaban J connectivity index is 2.83. The number of nitrogens with zero attached hydrogens (tertiary/aromatic N) is 1. The molecule has 1 aromatic carbocycles. The second-order valence-electron chi connectivity index (χ2n) is 4.91. The second kappa shape index (κ2) is 9.93. The minimum absolute atomic E-state index is 0.0220. The number of rotatable bonds is 8. The number of nitriles is 1. The van der Waals surface area contributed by atoms with E-state index in [2.05, 4.69) is 5.32 Å². The smallest absolute Gasteiger partial charge is 0.409 e. The molecule has 0 spiro atoms. The van der Waals surface area contributed by atoms with Crippen LogP contribution in [0.25, 0.3) is 0 Å². The summed E-state index contributed by atoms with van der Waals surface area (Å²) >= 11 is 0. The molecule has 0 saturated carbocycles. The number of esters is 2. The first-order chi connectivity index (χ1) is 12.0. The lowest BCUT2D eigenvalue weighted by atomic mass is 9.97.